The number of carbonyl (C=O) groups excluding carboxylic acids is 1. The van der Waals surface area contributed by atoms with Gasteiger partial charge < -0.3 is 9.63 Å². The van der Waals surface area contributed by atoms with Crippen LogP contribution < -0.4 is 5.32 Å². The summed E-state index contributed by atoms with van der Waals surface area (Å²) in [7, 11) is 0. The smallest absolute Gasteiger partial charge is 0.240 e. The van der Waals surface area contributed by atoms with Gasteiger partial charge in [-0.1, -0.05) is 5.16 Å². The van der Waals surface area contributed by atoms with Crippen molar-refractivity contribution in [2.24, 2.45) is 5.92 Å². The molecule has 2 heterocycles. The van der Waals surface area contributed by atoms with Crippen LogP contribution in [0.1, 0.15) is 18.5 Å². The van der Waals surface area contributed by atoms with Gasteiger partial charge in [0.05, 0.1) is 17.8 Å². The molecule has 98 valence electrons. The molecule has 0 aromatic carbocycles. The van der Waals surface area contributed by atoms with E-state index in [1.54, 1.807) is 13.0 Å². The number of nitrogens with one attached hydrogen (secondary N) is 1. The van der Waals surface area contributed by atoms with E-state index in [-0.39, 0.29) is 12.5 Å². The molecule has 18 heavy (non-hydrogen) atoms. The number of aromatic nitrogens is 1. The summed E-state index contributed by atoms with van der Waals surface area (Å²) in [5.74, 6) is 0.688. The lowest BCUT2D eigenvalue weighted by Gasteiger charge is -2.46. The van der Waals surface area contributed by atoms with E-state index in [4.69, 9.17) is 4.52 Å². The third-order valence-electron chi connectivity index (χ3n) is 3.59. The number of likely N-dealkylation sites (tertiary alicyclic amines) is 1. The quantitative estimate of drug-likeness (QED) is 0.808. The zero-order valence-electron chi connectivity index (χ0n) is 10.3. The highest BCUT2D eigenvalue weighted by molar-refractivity contribution is 5.91. The molecule has 2 aliphatic rings. The van der Waals surface area contributed by atoms with Gasteiger partial charge >= 0.3 is 0 Å². The van der Waals surface area contributed by atoms with Crippen LogP contribution in [-0.2, 0) is 4.79 Å². The first kappa shape index (κ1) is 11.7. The molecule has 1 amide bonds. The van der Waals surface area contributed by atoms with Crippen molar-refractivity contribution in [3.05, 3.63) is 11.8 Å². The van der Waals surface area contributed by atoms with Crippen LogP contribution in [0.3, 0.4) is 0 Å². The van der Waals surface area contributed by atoms with E-state index >= 15 is 0 Å². The molecule has 1 aromatic rings. The largest absolute Gasteiger partial charge is 0.387 e. The number of aliphatic hydroxyl groups is 1. The van der Waals surface area contributed by atoms with Gasteiger partial charge in [-0.25, -0.2) is 0 Å². The highest BCUT2D eigenvalue weighted by Gasteiger charge is 2.51. The van der Waals surface area contributed by atoms with Crippen LogP contribution in [0, 0.1) is 12.8 Å². The Morgan fingerprint density at radius 2 is 2.39 bits per heavy atom. The van der Waals surface area contributed by atoms with E-state index < -0.39 is 5.60 Å². The molecule has 1 aliphatic heterocycles. The summed E-state index contributed by atoms with van der Waals surface area (Å²) in [6.07, 6.45) is 2.24. The number of rotatable bonds is 4. The van der Waals surface area contributed by atoms with E-state index in [1.807, 2.05) is 4.90 Å². The molecule has 1 saturated carbocycles. The Bertz CT molecular complexity index is 461. The van der Waals surface area contributed by atoms with E-state index in [9.17, 15) is 9.90 Å². The number of anilines is 1. The van der Waals surface area contributed by atoms with Crippen molar-refractivity contribution in [3.8, 4) is 0 Å². The van der Waals surface area contributed by atoms with Crippen LogP contribution in [0.5, 0.6) is 0 Å². The Morgan fingerprint density at radius 1 is 1.67 bits per heavy atom. The van der Waals surface area contributed by atoms with Crippen molar-refractivity contribution in [1.82, 2.24) is 10.1 Å². The van der Waals surface area contributed by atoms with Crippen molar-refractivity contribution in [3.63, 3.8) is 0 Å². The third-order valence-corrected chi connectivity index (χ3v) is 3.59. The standard InChI is InChI=1S/C12H17N3O3/c1-8-4-11(18-14-8)13-10(16)5-15-6-12(17,7-15)9-2-3-9/h4,9,17H,2-3,5-7H2,1H3,(H,13,16). The van der Waals surface area contributed by atoms with Gasteiger partial charge in [0.15, 0.2) is 0 Å². The molecular weight excluding hydrogens is 234 g/mol. The predicted molar refractivity (Wildman–Crippen MR) is 64.0 cm³/mol. The van der Waals surface area contributed by atoms with Crippen LogP contribution in [-0.4, -0.2) is 46.3 Å². The lowest BCUT2D eigenvalue weighted by Crippen LogP contribution is -2.64. The van der Waals surface area contributed by atoms with Gasteiger partial charge in [-0.05, 0) is 25.7 Å². The third kappa shape index (κ3) is 2.26. The maximum Gasteiger partial charge on any atom is 0.240 e. The van der Waals surface area contributed by atoms with Crippen molar-refractivity contribution in [1.29, 1.82) is 0 Å². The highest BCUT2D eigenvalue weighted by atomic mass is 16.5. The van der Waals surface area contributed by atoms with E-state index in [0.717, 1.165) is 18.5 Å². The monoisotopic (exact) mass is 251 g/mol. The fourth-order valence-corrected chi connectivity index (χ4v) is 2.52. The Labute approximate surface area is 105 Å². The number of hydrogen-bond acceptors (Lipinski definition) is 5. The van der Waals surface area contributed by atoms with Crippen LogP contribution in [0.25, 0.3) is 0 Å². The summed E-state index contributed by atoms with van der Waals surface area (Å²) < 4.78 is 4.91. The summed E-state index contributed by atoms with van der Waals surface area (Å²) >= 11 is 0. The van der Waals surface area contributed by atoms with Gasteiger partial charge in [-0.15, -0.1) is 0 Å². The van der Waals surface area contributed by atoms with Gasteiger partial charge in [-0.2, -0.15) is 0 Å². The topological polar surface area (TPSA) is 78.6 Å². The molecule has 0 radical (unpaired) electrons. The van der Waals surface area contributed by atoms with Gasteiger partial charge in [0.25, 0.3) is 0 Å². The molecule has 2 fully saturated rings. The summed E-state index contributed by atoms with van der Waals surface area (Å²) in [5.41, 5.74) is 0.195. The van der Waals surface area contributed by atoms with Gasteiger partial charge in [-0.3, -0.25) is 15.0 Å². The zero-order chi connectivity index (χ0) is 12.8. The number of nitrogens with zero attached hydrogens (tertiary/aromatic N) is 2. The van der Waals surface area contributed by atoms with Crippen molar-refractivity contribution >= 4 is 11.8 Å². The van der Waals surface area contributed by atoms with Crippen molar-refractivity contribution in [2.45, 2.75) is 25.4 Å². The van der Waals surface area contributed by atoms with Crippen LogP contribution in [0.15, 0.2) is 10.6 Å². The fraction of sp³-hybridized carbons (Fsp3) is 0.667. The average molecular weight is 251 g/mol. The molecule has 0 bridgehead atoms. The first-order valence-corrected chi connectivity index (χ1v) is 6.23. The lowest BCUT2D eigenvalue weighted by molar-refractivity contribution is -0.132. The maximum absolute atomic E-state index is 11.7. The van der Waals surface area contributed by atoms with Gasteiger partial charge in [0.2, 0.25) is 11.8 Å². The molecule has 2 N–H and O–H groups in total. The zero-order valence-corrected chi connectivity index (χ0v) is 10.3. The fourth-order valence-electron chi connectivity index (χ4n) is 2.52. The number of carbonyl (C=O) groups is 1. The second kappa shape index (κ2) is 4.07. The Balaban J connectivity index is 1.45. The highest BCUT2D eigenvalue weighted by Crippen LogP contribution is 2.44. The van der Waals surface area contributed by atoms with Gasteiger partial charge in [0, 0.05) is 19.2 Å². The molecule has 0 atom stereocenters. The summed E-state index contributed by atoms with van der Waals surface area (Å²) in [6, 6.07) is 1.68. The van der Waals surface area contributed by atoms with Gasteiger partial charge in [0.1, 0.15) is 0 Å². The summed E-state index contributed by atoms with van der Waals surface area (Å²) in [6.45, 7) is 3.28. The first-order chi connectivity index (χ1) is 8.55. The predicted octanol–water partition coefficient (Wildman–Crippen LogP) is 0.378. The molecule has 0 unspecified atom stereocenters. The number of aryl methyl sites for hydroxylation is 1. The maximum atomic E-state index is 11.7. The molecule has 1 aromatic heterocycles. The van der Waals surface area contributed by atoms with E-state index in [2.05, 4.69) is 10.5 Å². The molecule has 6 heteroatoms. The normalized spacial score (nSPS) is 22.6. The minimum absolute atomic E-state index is 0.135. The number of amides is 1. The second-order valence-electron chi connectivity index (χ2n) is 5.40. The molecular formula is C12H17N3O3. The lowest BCUT2D eigenvalue weighted by atomic mass is 9.89. The Morgan fingerprint density at radius 3 is 2.94 bits per heavy atom. The number of hydrogen-bond donors (Lipinski definition) is 2. The molecule has 3 rings (SSSR count). The minimum atomic E-state index is -0.539. The Hall–Kier alpha value is -1.40. The molecule has 0 spiro atoms. The van der Waals surface area contributed by atoms with Crippen LogP contribution in [0.2, 0.25) is 0 Å². The van der Waals surface area contributed by atoms with Crippen molar-refractivity contribution in [2.75, 3.05) is 25.0 Å². The molecule has 1 saturated heterocycles. The SMILES string of the molecule is Cc1cc(NC(=O)CN2CC(O)(C3CC3)C2)on1. The van der Waals surface area contributed by atoms with E-state index in [1.165, 1.54) is 0 Å². The van der Waals surface area contributed by atoms with Crippen LogP contribution in [0.4, 0.5) is 5.88 Å². The summed E-state index contributed by atoms with van der Waals surface area (Å²) in [4.78, 5) is 13.6. The second-order valence-corrected chi connectivity index (χ2v) is 5.40. The van der Waals surface area contributed by atoms with Crippen molar-refractivity contribution < 1.29 is 14.4 Å². The molecule has 1 aliphatic carbocycles. The first-order valence-electron chi connectivity index (χ1n) is 6.23. The summed E-state index contributed by atoms with van der Waals surface area (Å²) in [5, 5.41) is 16.5. The van der Waals surface area contributed by atoms with E-state index in [0.29, 0.717) is 24.9 Å². The number of β-amino-alcohol motifs (C(OH)–C–C–N with tert-alkyl or cyclic N) is 1. The Kier molecular flexibility index (Phi) is 2.64. The molecule has 6 nitrogen and oxygen atoms in total. The minimum Gasteiger partial charge on any atom is -0.387 e. The average Bonchev–Trinajstić information content (AvgIpc) is 3.02. The van der Waals surface area contributed by atoms with Crippen LogP contribution >= 0.6 is 0 Å².